The van der Waals surface area contributed by atoms with Gasteiger partial charge in [0, 0.05) is 12.0 Å². The Labute approximate surface area is 157 Å². The van der Waals surface area contributed by atoms with Crippen LogP contribution in [0.1, 0.15) is 49.7 Å². The van der Waals surface area contributed by atoms with Gasteiger partial charge in [-0.1, -0.05) is 43.2 Å². The number of ether oxygens (including phenoxy) is 2. The molecule has 1 fully saturated rings. The lowest BCUT2D eigenvalue weighted by Gasteiger charge is -2.15. The highest BCUT2D eigenvalue weighted by atomic mass is 16.5. The predicted octanol–water partition coefficient (Wildman–Crippen LogP) is 4.10. The Balaban J connectivity index is 1.51. The fraction of sp³-hybridized carbons (Fsp3) is 0.478. The van der Waals surface area contributed by atoms with Gasteiger partial charge in [0.25, 0.3) is 0 Å². The smallest absolute Gasteiger partial charge is 0.161 e. The maximum Gasteiger partial charge on any atom is 0.161 e. The first-order valence-corrected chi connectivity index (χ1v) is 10.0. The Bertz CT molecular complexity index is 649. The second-order valence-electron chi connectivity index (χ2n) is 7.26. The van der Waals surface area contributed by atoms with Crippen LogP contribution in [0, 0.1) is 0 Å². The van der Waals surface area contributed by atoms with E-state index in [0.717, 1.165) is 30.5 Å². The van der Waals surface area contributed by atoms with Crippen LogP contribution in [0.2, 0.25) is 0 Å². The second kappa shape index (κ2) is 10.2. The van der Waals surface area contributed by atoms with E-state index in [4.69, 9.17) is 9.47 Å². The normalized spacial score (nSPS) is 15.4. The Kier molecular flexibility index (Phi) is 7.38. The average molecular weight is 355 g/mol. The summed E-state index contributed by atoms with van der Waals surface area (Å²) >= 11 is 0. The Morgan fingerprint density at radius 2 is 1.65 bits per heavy atom. The molecular weight excluding hydrogens is 322 g/mol. The Morgan fingerprint density at radius 1 is 0.885 bits per heavy atom. The fourth-order valence-corrected chi connectivity index (χ4v) is 3.73. The first-order chi connectivity index (χ1) is 12.8. The number of rotatable bonds is 8. The van der Waals surface area contributed by atoms with Crippen molar-refractivity contribution in [1.82, 2.24) is 0 Å². The van der Waals surface area contributed by atoms with Crippen LogP contribution in [0.3, 0.4) is 0 Å². The highest BCUT2D eigenvalue weighted by Crippen LogP contribution is 2.28. The van der Waals surface area contributed by atoms with Crippen LogP contribution in [0.15, 0.2) is 48.5 Å². The predicted molar refractivity (Wildman–Crippen MR) is 106 cm³/mol. The molecule has 1 aliphatic carbocycles. The molecule has 2 aromatic carbocycles. The van der Waals surface area contributed by atoms with Gasteiger partial charge in [0.2, 0.25) is 0 Å². The lowest BCUT2D eigenvalue weighted by Crippen LogP contribution is -2.88. The van der Waals surface area contributed by atoms with Gasteiger partial charge in [0.15, 0.2) is 11.5 Å². The van der Waals surface area contributed by atoms with Crippen molar-refractivity contribution in [3.8, 4) is 11.5 Å². The van der Waals surface area contributed by atoms with Crippen LogP contribution in [0.5, 0.6) is 11.5 Å². The molecule has 140 valence electrons. The molecule has 0 amide bonds. The van der Waals surface area contributed by atoms with Crippen molar-refractivity contribution in [2.45, 2.75) is 57.5 Å². The molecule has 2 aromatic rings. The van der Waals surface area contributed by atoms with E-state index < -0.39 is 0 Å². The third-order valence-corrected chi connectivity index (χ3v) is 5.31. The van der Waals surface area contributed by atoms with Crippen molar-refractivity contribution in [3.63, 3.8) is 0 Å². The van der Waals surface area contributed by atoms with Crippen molar-refractivity contribution in [2.75, 3.05) is 13.7 Å². The molecule has 2 N–H and O–H groups in total. The molecule has 0 spiro atoms. The minimum Gasteiger partial charge on any atom is -0.493 e. The lowest BCUT2D eigenvalue weighted by molar-refractivity contribution is -0.705. The molecule has 3 heteroatoms. The van der Waals surface area contributed by atoms with Gasteiger partial charge in [0.1, 0.15) is 6.54 Å². The maximum atomic E-state index is 5.96. The summed E-state index contributed by atoms with van der Waals surface area (Å²) in [4.78, 5) is 0. The summed E-state index contributed by atoms with van der Waals surface area (Å²) in [6.45, 7) is 1.68. The molecule has 0 unspecified atom stereocenters. The van der Waals surface area contributed by atoms with Gasteiger partial charge in [-0.3, -0.25) is 0 Å². The van der Waals surface area contributed by atoms with Crippen molar-refractivity contribution in [2.24, 2.45) is 0 Å². The molecule has 0 bridgehead atoms. The van der Waals surface area contributed by atoms with E-state index in [1.807, 2.05) is 6.07 Å². The standard InChI is InChI=1S/C23H31NO2/c1-25-23-17-20(18-24-21-11-7-2-3-8-12-21)13-14-22(23)26-16-15-19-9-5-4-6-10-19/h4-6,9-10,13-14,17,21,24H,2-3,7-8,11-12,15-16,18H2,1H3/p+1. The second-order valence-corrected chi connectivity index (χ2v) is 7.26. The van der Waals surface area contributed by atoms with Crippen LogP contribution in [-0.4, -0.2) is 19.8 Å². The Morgan fingerprint density at radius 3 is 2.38 bits per heavy atom. The highest BCUT2D eigenvalue weighted by Gasteiger charge is 2.15. The number of nitrogens with two attached hydrogens (primary N) is 1. The zero-order valence-electron chi connectivity index (χ0n) is 16.0. The number of hydrogen-bond donors (Lipinski definition) is 1. The molecule has 26 heavy (non-hydrogen) atoms. The summed E-state index contributed by atoms with van der Waals surface area (Å²) in [7, 11) is 1.72. The molecular formula is C23H32NO2+. The lowest BCUT2D eigenvalue weighted by atomic mass is 10.1. The van der Waals surface area contributed by atoms with Gasteiger partial charge in [-0.15, -0.1) is 0 Å². The summed E-state index contributed by atoms with van der Waals surface area (Å²) in [5.74, 6) is 1.67. The molecule has 0 aliphatic heterocycles. The molecule has 0 aromatic heterocycles. The first kappa shape index (κ1) is 18.8. The largest absolute Gasteiger partial charge is 0.493 e. The number of quaternary nitrogens is 1. The van der Waals surface area contributed by atoms with Crippen molar-refractivity contribution in [3.05, 3.63) is 59.7 Å². The minimum atomic E-state index is 0.661. The quantitative estimate of drug-likeness (QED) is 0.724. The molecule has 1 aliphatic rings. The van der Waals surface area contributed by atoms with E-state index in [0.29, 0.717) is 6.61 Å². The van der Waals surface area contributed by atoms with Crippen molar-refractivity contribution in [1.29, 1.82) is 0 Å². The molecule has 3 nitrogen and oxygen atoms in total. The summed E-state index contributed by atoms with van der Waals surface area (Å²) in [5, 5.41) is 2.51. The van der Waals surface area contributed by atoms with Gasteiger partial charge < -0.3 is 14.8 Å². The van der Waals surface area contributed by atoms with Crippen molar-refractivity contribution < 1.29 is 14.8 Å². The molecule has 3 rings (SSSR count). The van der Waals surface area contributed by atoms with Crippen molar-refractivity contribution >= 4 is 0 Å². The SMILES string of the molecule is COc1cc(C[NH2+]C2CCCCCC2)ccc1OCCc1ccccc1. The molecule has 1 saturated carbocycles. The van der Waals surface area contributed by atoms with Crippen LogP contribution in [-0.2, 0) is 13.0 Å². The van der Waals surface area contributed by atoms with Gasteiger partial charge in [-0.2, -0.15) is 0 Å². The molecule has 0 saturated heterocycles. The maximum absolute atomic E-state index is 5.96. The monoisotopic (exact) mass is 354 g/mol. The topological polar surface area (TPSA) is 35.1 Å². The molecule has 0 atom stereocenters. The number of benzene rings is 2. The van der Waals surface area contributed by atoms with Crippen LogP contribution in [0.25, 0.3) is 0 Å². The van der Waals surface area contributed by atoms with Gasteiger partial charge in [-0.25, -0.2) is 0 Å². The average Bonchev–Trinajstić information content (AvgIpc) is 2.96. The summed E-state index contributed by atoms with van der Waals surface area (Å²) in [6.07, 6.45) is 9.22. The van der Waals surface area contributed by atoms with E-state index in [9.17, 15) is 0 Å². The van der Waals surface area contributed by atoms with E-state index >= 15 is 0 Å². The highest BCUT2D eigenvalue weighted by molar-refractivity contribution is 5.42. The van der Waals surface area contributed by atoms with Gasteiger partial charge >= 0.3 is 0 Å². The number of methoxy groups -OCH3 is 1. The first-order valence-electron chi connectivity index (χ1n) is 10.0. The van der Waals surface area contributed by atoms with Crippen LogP contribution in [0.4, 0.5) is 0 Å². The third-order valence-electron chi connectivity index (χ3n) is 5.31. The molecule has 0 radical (unpaired) electrons. The Hall–Kier alpha value is -2.00. The van der Waals surface area contributed by atoms with E-state index in [1.54, 1.807) is 7.11 Å². The number of hydrogen-bond acceptors (Lipinski definition) is 2. The summed E-state index contributed by atoms with van der Waals surface area (Å²) < 4.78 is 11.5. The zero-order chi connectivity index (χ0) is 18.0. The van der Waals surface area contributed by atoms with E-state index in [1.165, 1.54) is 49.7 Å². The third kappa shape index (κ3) is 5.77. The zero-order valence-corrected chi connectivity index (χ0v) is 16.0. The minimum absolute atomic E-state index is 0.661. The van der Waals surface area contributed by atoms with E-state index in [-0.39, 0.29) is 0 Å². The van der Waals surface area contributed by atoms with Crippen LogP contribution < -0.4 is 14.8 Å². The fourth-order valence-electron chi connectivity index (χ4n) is 3.73. The van der Waals surface area contributed by atoms with Gasteiger partial charge in [0.05, 0.1) is 19.8 Å². The van der Waals surface area contributed by atoms with E-state index in [2.05, 4.69) is 47.8 Å². The van der Waals surface area contributed by atoms with Gasteiger partial charge in [-0.05, 0) is 49.4 Å². The summed E-state index contributed by atoms with van der Waals surface area (Å²) in [6, 6.07) is 17.6. The summed E-state index contributed by atoms with van der Waals surface area (Å²) in [5.41, 5.74) is 2.60. The molecule has 0 heterocycles. The van der Waals surface area contributed by atoms with Crippen LogP contribution >= 0.6 is 0 Å².